The van der Waals surface area contributed by atoms with Gasteiger partial charge in [-0.3, -0.25) is 0 Å². The zero-order chi connectivity index (χ0) is 15.7. The second-order valence-corrected chi connectivity index (χ2v) is 6.56. The average molecular weight is 293 g/mol. The van der Waals surface area contributed by atoms with Gasteiger partial charge in [-0.25, -0.2) is 0 Å². The first-order chi connectivity index (χ1) is 9.99. The molecule has 1 rings (SSSR count). The predicted octanol–water partition coefficient (Wildman–Crippen LogP) is 4.13. The molecule has 0 spiro atoms. The molecule has 1 atom stereocenters. The zero-order valence-corrected chi connectivity index (χ0v) is 14.2. The van der Waals surface area contributed by atoms with Crippen LogP contribution in [0, 0.1) is 11.3 Å². The Morgan fingerprint density at radius 1 is 1.14 bits per heavy atom. The molecule has 0 saturated heterocycles. The molecule has 0 bridgehead atoms. The van der Waals surface area contributed by atoms with Crippen molar-refractivity contribution >= 4 is 0 Å². The van der Waals surface area contributed by atoms with Crippen LogP contribution in [0.15, 0.2) is 24.3 Å². The summed E-state index contributed by atoms with van der Waals surface area (Å²) in [6.45, 7) is 11.9. The average Bonchev–Trinajstić information content (AvgIpc) is 2.45. The van der Waals surface area contributed by atoms with Crippen molar-refractivity contribution in [3.8, 4) is 11.5 Å². The van der Waals surface area contributed by atoms with E-state index in [4.69, 9.17) is 9.47 Å². The normalized spacial score (nSPS) is 13.0. The second-order valence-electron chi connectivity index (χ2n) is 6.56. The molecular weight excluding hydrogens is 262 g/mol. The van der Waals surface area contributed by atoms with Crippen molar-refractivity contribution in [2.45, 2.75) is 40.5 Å². The predicted molar refractivity (Wildman–Crippen MR) is 89.2 cm³/mol. The molecule has 3 nitrogen and oxygen atoms in total. The fourth-order valence-electron chi connectivity index (χ4n) is 2.34. The SMILES string of the molecule is CCCNCC(CCOc1ccccc1OC)C(C)(C)C. The van der Waals surface area contributed by atoms with E-state index in [0.29, 0.717) is 5.92 Å². The number of hydrogen-bond acceptors (Lipinski definition) is 3. The van der Waals surface area contributed by atoms with Gasteiger partial charge in [-0.05, 0) is 49.4 Å². The number of nitrogens with one attached hydrogen (secondary N) is 1. The van der Waals surface area contributed by atoms with Crippen LogP contribution < -0.4 is 14.8 Å². The highest BCUT2D eigenvalue weighted by Gasteiger charge is 2.24. The summed E-state index contributed by atoms with van der Waals surface area (Å²) in [6.07, 6.45) is 2.22. The summed E-state index contributed by atoms with van der Waals surface area (Å²) < 4.78 is 11.2. The molecule has 0 amide bonds. The lowest BCUT2D eigenvalue weighted by molar-refractivity contribution is 0.177. The van der Waals surface area contributed by atoms with Crippen LogP contribution in [0.2, 0.25) is 0 Å². The Morgan fingerprint density at radius 3 is 2.38 bits per heavy atom. The van der Waals surface area contributed by atoms with Gasteiger partial charge in [0.2, 0.25) is 0 Å². The maximum atomic E-state index is 5.91. The van der Waals surface area contributed by atoms with Crippen molar-refractivity contribution in [2.24, 2.45) is 11.3 Å². The number of rotatable bonds is 9. The molecule has 0 aliphatic heterocycles. The van der Waals surface area contributed by atoms with Crippen LogP contribution in [0.1, 0.15) is 40.5 Å². The summed E-state index contributed by atoms with van der Waals surface area (Å²) >= 11 is 0. The fourth-order valence-corrected chi connectivity index (χ4v) is 2.34. The van der Waals surface area contributed by atoms with Crippen LogP contribution in [0.25, 0.3) is 0 Å². The van der Waals surface area contributed by atoms with Crippen LogP contribution in [0.4, 0.5) is 0 Å². The third kappa shape index (κ3) is 6.38. The first kappa shape index (κ1) is 17.8. The lowest BCUT2D eigenvalue weighted by atomic mass is 9.79. The highest BCUT2D eigenvalue weighted by Crippen LogP contribution is 2.30. The highest BCUT2D eigenvalue weighted by atomic mass is 16.5. The standard InChI is InChI=1S/C18H31NO2/c1-6-12-19-14-15(18(2,3)4)11-13-21-17-10-8-7-9-16(17)20-5/h7-10,15,19H,6,11-14H2,1-5H3. The summed E-state index contributed by atoms with van der Waals surface area (Å²) in [6, 6.07) is 7.82. The summed E-state index contributed by atoms with van der Waals surface area (Å²) in [5.74, 6) is 2.22. The second kappa shape index (κ2) is 8.93. The molecule has 0 radical (unpaired) electrons. The van der Waals surface area contributed by atoms with Crippen molar-refractivity contribution in [3.05, 3.63) is 24.3 Å². The molecule has 3 heteroatoms. The van der Waals surface area contributed by atoms with Gasteiger partial charge in [-0.2, -0.15) is 0 Å². The first-order valence-corrected chi connectivity index (χ1v) is 7.95. The molecule has 1 aromatic carbocycles. The van der Waals surface area contributed by atoms with E-state index in [0.717, 1.165) is 37.6 Å². The fraction of sp³-hybridized carbons (Fsp3) is 0.667. The number of ether oxygens (including phenoxy) is 2. The highest BCUT2D eigenvalue weighted by molar-refractivity contribution is 5.39. The van der Waals surface area contributed by atoms with Crippen LogP contribution in [-0.4, -0.2) is 26.8 Å². The van der Waals surface area contributed by atoms with Crippen molar-refractivity contribution < 1.29 is 9.47 Å². The van der Waals surface area contributed by atoms with E-state index in [1.807, 2.05) is 24.3 Å². The smallest absolute Gasteiger partial charge is 0.161 e. The van der Waals surface area contributed by atoms with Gasteiger partial charge in [0.1, 0.15) is 0 Å². The van der Waals surface area contributed by atoms with Gasteiger partial charge in [0, 0.05) is 0 Å². The van der Waals surface area contributed by atoms with Crippen LogP contribution in [0.5, 0.6) is 11.5 Å². The van der Waals surface area contributed by atoms with E-state index >= 15 is 0 Å². The Bertz CT molecular complexity index is 398. The van der Waals surface area contributed by atoms with E-state index in [1.54, 1.807) is 7.11 Å². The quantitative estimate of drug-likeness (QED) is 0.695. The van der Waals surface area contributed by atoms with Crippen molar-refractivity contribution in [1.82, 2.24) is 5.32 Å². The molecule has 0 aliphatic carbocycles. The minimum Gasteiger partial charge on any atom is -0.493 e. The molecule has 1 aromatic rings. The molecule has 0 saturated carbocycles. The molecule has 120 valence electrons. The minimum atomic E-state index is 0.283. The summed E-state index contributed by atoms with van der Waals surface area (Å²) in [5.41, 5.74) is 0.283. The Labute approximate surface area is 130 Å². The van der Waals surface area contributed by atoms with Crippen LogP contribution in [0.3, 0.4) is 0 Å². The van der Waals surface area contributed by atoms with Crippen molar-refractivity contribution in [3.63, 3.8) is 0 Å². The van der Waals surface area contributed by atoms with Gasteiger partial charge in [0.15, 0.2) is 11.5 Å². The Hall–Kier alpha value is -1.22. The lowest BCUT2D eigenvalue weighted by Gasteiger charge is -2.31. The number of para-hydroxylation sites is 2. The monoisotopic (exact) mass is 293 g/mol. The molecule has 0 fully saturated rings. The zero-order valence-electron chi connectivity index (χ0n) is 14.2. The van der Waals surface area contributed by atoms with E-state index in [1.165, 1.54) is 6.42 Å². The molecule has 0 heterocycles. The van der Waals surface area contributed by atoms with Gasteiger partial charge in [0.05, 0.1) is 13.7 Å². The number of benzene rings is 1. The summed E-state index contributed by atoms with van der Waals surface area (Å²) in [4.78, 5) is 0. The molecule has 1 N–H and O–H groups in total. The molecule has 21 heavy (non-hydrogen) atoms. The molecule has 0 aromatic heterocycles. The summed E-state index contributed by atoms with van der Waals surface area (Å²) in [7, 11) is 1.68. The van der Waals surface area contributed by atoms with Crippen molar-refractivity contribution in [1.29, 1.82) is 0 Å². The van der Waals surface area contributed by atoms with Gasteiger partial charge in [-0.15, -0.1) is 0 Å². The third-order valence-corrected chi connectivity index (χ3v) is 3.84. The maximum Gasteiger partial charge on any atom is 0.161 e. The Kier molecular flexibility index (Phi) is 7.58. The molecule has 0 aliphatic rings. The van der Waals surface area contributed by atoms with E-state index in [-0.39, 0.29) is 5.41 Å². The molecule has 1 unspecified atom stereocenters. The van der Waals surface area contributed by atoms with Crippen LogP contribution in [-0.2, 0) is 0 Å². The van der Waals surface area contributed by atoms with E-state index in [2.05, 4.69) is 33.0 Å². The van der Waals surface area contributed by atoms with Gasteiger partial charge in [0.25, 0.3) is 0 Å². The van der Waals surface area contributed by atoms with Crippen LogP contribution >= 0.6 is 0 Å². The molecular formula is C18H31NO2. The summed E-state index contributed by atoms with van der Waals surface area (Å²) in [5, 5.41) is 3.53. The van der Waals surface area contributed by atoms with Gasteiger partial charge in [-0.1, -0.05) is 39.8 Å². The van der Waals surface area contributed by atoms with Gasteiger partial charge < -0.3 is 14.8 Å². The van der Waals surface area contributed by atoms with E-state index < -0.39 is 0 Å². The number of hydrogen-bond donors (Lipinski definition) is 1. The number of methoxy groups -OCH3 is 1. The third-order valence-electron chi connectivity index (χ3n) is 3.84. The van der Waals surface area contributed by atoms with E-state index in [9.17, 15) is 0 Å². The minimum absolute atomic E-state index is 0.283. The Balaban J connectivity index is 2.49. The largest absolute Gasteiger partial charge is 0.493 e. The topological polar surface area (TPSA) is 30.5 Å². The lowest BCUT2D eigenvalue weighted by Crippen LogP contribution is -2.33. The maximum absolute atomic E-state index is 5.91. The van der Waals surface area contributed by atoms with Gasteiger partial charge >= 0.3 is 0 Å². The first-order valence-electron chi connectivity index (χ1n) is 7.95. The Morgan fingerprint density at radius 2 is 1.81 bits per heavy atom. The van der Waals surface area contributed by atoms with Crippen molar-refractivity contribution in [2.75, 3.05) is 26.8 Å².